The van der Waals surface area contributed by atoms with Crippen molar-refractivity contribution in [2.45, 2.75) is 38.1 Å². The Kier molecular flexibility index (Phi) is 3.11. The molecule has 1 aliphatic carbocycles. The van der Waals surface area contributed by atoms with Gasteiger partial charge in [-0.2, -0.15) is 0 Å². The molecule has 0 bridgehead atoms. The van der Waals surface area contributed by atoms with Crippen LogP contribution in [-0.2, 0) is 6.42 Å². The first-order valence-electron chi connectivity index (χ1n) is 6.64. The van der Waals surface area contributed by atoms with Crippen LogP contribution >= 0.6 is 0 Å². The average Bonchev–Trinajstić information content (AvgIpc) is 3.08. The Morgan fingerprint density at radius 2 is 2.32 bits per heavy atom. The summed E-state index contributed by atoms with van der Waals surface area (Å²) in [5.74, 6) is 3.67. The van der Waals surface area contributed by atoms with E-state index in [-0.39, 0.29) is 6.04 Å². The smallest absolute Gasteiger partial charge is 0.136 e. The molecule has 0 aromatic carbocycles. The normalized spacial score (nSPS) is 16.3. The molecule has 3 rings (SSSR count). The first kappa shape index (κ1) is 12.0. The monoisotopic (exact) mass is 258 g/mol. The van der Waals surface area contributed by atoms with Crippen molar-refractivity contribution in [3.05, 3.63) is 36.0 Å². The minimum absolute atomic E-state index is 0.229. The molecule has 100 valence electrons. The van der Waals surface area contributed by atoms with Crippen LogP contribution in [0.5, 0.6) is 0 Å². The third-order valence-electron chi connectivity index (χ3n) is 3.19. The molecule has 2 aromatic heterocycles. The van der Waals surface area contributed by atoms with Crippen molar-refractivity contribution >= 4 is 11.6 Å². The van der Waals surface area contributed by atoms with Gasteiger partial charge in [0.05, 0.1) is 6.26 Å². The van der Waals surface area contributed by atoms with E-state index in [1.807, 2.05) is 12.1 Å². The number of anilines is 2. The highest BCUT2D eigenvalue weighted by atomic mass is 16.3. The summed E-state index contributed by atoms with van der Waals surface area (Å²) in [6.45, 7) is 2.09. The second-order valence-electron chi connectivity index (χ2n) is 5.14. The van der Waals surface area contributed by atoms with Gasteiger partial charge in [-0.25, -0.2) is 9.97 Å². The fourth-order valence-electron chi connectivity index (χ4n) is 2.12. The highest BCUT2D eigenvalue weighted by molar-refractivity contribution is 5.46. The van der Waals surface area contributed by atoms with Gasteiger partial charge in [-0.15, -0.1) is 0 Å². The van der Waals surface area contributed by atoms with Crippen molar-refractivity contribution in [1.29, 1.82) is 0 Å². The van der Waals surface area contributed by atoms with Crippen LogP contribution < -0.4 is 11.1 Å². The molecule has 5 heteroatoms. The molecule has 0 aliphatic heterocycles. The van der Waals surface area contributed by atoms with E-state index in [9.17, 15) is 0 Å². The zero-order valence-electron chi connectivity index (χ0n) is 11.0. The van der Waals surface area contributed by atoms with E-state index in [2.05, 4.69) is 22.2 Å². The highest BCUT2D eigenvalue weighted by Gasteiger charge is 2.27. The van der Waals surface area contributed by atoms with Gasteiger partial charge in [-0.3, -0.25) is 0 Å². The Balaban J connectivity index is 1.68. The molecule has 5 nitrogen and oxygen atoms in total. The van der Waals surface area contributed by atoms with Crippen molar-refractivity contribution in [3.8, 4) is 0 Å². The zero-order valence-corrected chi connectivity index (χ0v) is 11.0. The molecule has 1 fully saturated rings. The predicted molar refractivity (Wildman–Crippen MR) is 73.9 cm³/mol. The minimum atomic E-state index is 0.229. The fourth-order valence-corrected chi connectivity index (χ4v) is 2.12. The molecule has 3 N–H and O–H groups in total. The van der Waals surface area contributed by atoms with Gasteiger partial charge in [0.2, 0.25) is 0 Å². The highest BCUT2D eigenvalue weighted by Crippen LogP contribution is 2.38. The number of nitrogens with one attached hydrogen (secondary N) is 1. The van der Waals surface area contributed by atoms with Crippen LogP contribution in [0.4, 0.5) is 11.6 Å². The molecule has 0 saturated heterocycles. The Morgan fingerprint density at radius 3 is 3.00 bits per heavy atom. The second-order valence-corrected chi connectivity index (χ2v) is 5.14. The first-order valence-corrected chi connectivity index (χ1v) is 6.64. The molecule has 0 radical (unpaired) electrons. The molecular formula is C14H18N4O. The van der Waals surface area contributed by atoms with Crippen LogP contribution in [0.3, 0.4) is 0 Å². The molecule has 0 spiro atoms. The van der Waals surface area contributed by atoms with Gasteiger partial charge in [0.25, 0.3) is 0 Å². The van der Waals surface area contributed by atoms with Crippen molar-refractivity contribution in [1.82, 2.24) is 9.97 Å². The summed E-state index contributed by atoms with van der Waals surface area (Å²) in [4.78, 5) is 8.82. The van der Waals surface area contributed by atoms with E-state index >= 15 is 0 Å². The number of hydrogen-bond donors (Lipinski definition) is 2. The van der Waals surface area contributed by atoms with E-state index < -0.39 is 0 Å². The zero-order chi connectivity index (χ0) is 13.2. The number of nitrogens with zero attached hydrogens (tertiary/aromatic N) is 2. The van der Waals surface area contributed by atoms with E-state index in [0.717, 1.165) is 23.8 Å². The average molecular weight is 258 g/mol. The lowest BCUT2D eigenvalue weighted by molar-refractivity contribution is 0.497. The number of nitrogens with two attached hydrogens (primary N) is 1. The summed E-state index contributed by atoms with van der Waals surface area (Å²) in [7, 11) is 0. The van der Waals surface area contributed by atoms with Gasteiger partial charge >= 0.3 is 0 Å². The molecule has 1 saturated carbocycles. The Bertz CT molecular complexity index is 549. The lowest BCUT2D eigenvalue weighted by Crippen LogP contribution is -2.19. The SMILES string of the molecule is CC(Cc1ccco1)Nc1cc(N)nc(C2CC2)n1. The van der Waals surface area contributed by atoms with Crippen LogP contribution in [0.1, 0.15) is 37.3 Å². The standard InChI is InChI=1S/C14H18N4O/c1-9(7-11-3-2-6-19-11)16-13-8-12(15)17-14(18-13)10-4-5-10/h2-3,6,8-10H,4-5,7H2,1H3,(H3,15,16,17,18). The molecule has 19 heavy (non-hydrogen) atoms. The van der Waals surface area contributed by atoms with Crippen LogP contribution in [0.2, 0.25) is 0 Å². The van der Waals surface area contributed by atoms with Crippen molar-refractivity contribution in [2.75, 3.05) is 11.1 Å². The summed E-state index contributed by atoms with van der Waals surface area (Å²) < 4.78 is 5.34. The third kappa shape index (κ3) is 3.05. The predicted octanol–water partition coefficient (Wildman–Crippen LogP) is 2.57. The maximum Gasteiger partial charge on any atom is 0.136 e. The summed E-state index contributed by atoms with van der Waals surface area (Å²) in [5, 5.41) is 3.35. The second kappa shape index (κ2) is 4.91. The summed E-state index contributed by atoms with van der Waals surface area (Å²) in [6, 6.07) is 5.88. The van der Waals surface area contributed by atoms with E-state index in [1.54, 1.807) is 12.3 Å². The minimum Gasteiger partial charge on any atom is -0.469 e. The van der Waals surface area contributed by atoms with Crippen LogP contribution in [0.25, 0.3) is 0 Å². The first-order chi connectivity index (χ1) is 9.20. The number of rotatable bonds is 5. The lowest BCUT2D eigenvalue weighted by Gasteiger charge is -2.14. The lowest BCUT2D eigenvalue weighted by atomic mass is 10.2. The quantitative estimate of drug-likeness (QED) is 0.862. The van der Waals surface area contributed by atoms with Crippen LogP contribution in [0.15, 0.2) is 28.9 Å². The molecule has 2 aromatic rings. The van der Waals surface area contributed by atoms with Gasteiger partial charge in [0.1, 0.15) is 23.2 Å². The van der Waals surface area contributed by atoms with Gasteiger partial charge in [0.15, 0.2) is 0 Å². The third-order valence-corrected chi connectivity index (χ3v) is 3.19. The van der Waals surface area contributed by atoms with Gasteiger partial charge < -0.3 is 15.5 Å². The topological polar surface area (TPSA) is 77.0 Å². The number of aromatic nitrogens is 2. The Hall–Kier alpha value is -2.04. The summed E-state index contributed by atoms with van der Waals surface area (Å²) >= 11 is 0. The molecule has 2 heterocycles. The van der Waals surface area contributed by atoms with Crippen LogP contribution in [0, 0.1) is 0 Å². The Labute approximate surface area is 112 Å². The molecule has 1 aliphatic rings. The van der Waals surface area contributed by atoms with E-state index in [4.69, 9.17) is 10.2 Å². The van der Waals surface area contributed by atoms with Gasteiger partial charge in [0, 0.05) is 24.4 Å². The number of nitrogen functional groups attached to an aromatic ring is 1. The van der Waals surface area contributed by atoms with E-state index in [1.165, 1.54) is 12.8 Å². The summed E-state index contributed by atoms with van der Waals surface area (Å²) in [6.07, 6.45) is 4.85. The van der Waals surface area contributed by atoms with Gasteiger partial charge in [-0.1, -0.05) is 0 Å². The van der Waals surface area contributed by atoms with Crippen molar-refractivity contribution in [3.63, 3.8) is 0 Å². The molecule has 1 atom stereocenters. The van der Waals surface area contributed by atoms with E-state index in [0.29, 0.717) is 11.7 Å². The maximum absolute atomic E-state index is 5.83. The Morgan fingerprint density at radius 1 is 1.47 bits per heavy atom. The maximum atomic E-state index is 5.83. The molecule has 1 unspecified atom stereocenters. The van der Waals surface area contributed by atoms with Crippen molar-refractivity contribution in [2.24, 2.45) is 0 Å². The number of furan rings is 1. The summed E-state index contributed by atoms with van der Waals surface area (Å²) in [5.41, 5.74) is 5.83. The largest absolute Gasteiger partial charge is 0.469 e. The molecular weight excluding hydrogens is 240 g/mol. The molecule has 0 amide bonds. The van der Waals surface area contributed by atoms with Crippen LogP contribution in [-0.4, -0.2) is 16.0 Å². The number of hydrogen-bond acceptors (Lipinski definition) is 5. The van der Waals surface area contributed by atoms with Crippen molar-refractivity contribution < 1.29 is 4.42 Å². The van der Waals surface area contributed by atoms with Gasteiger partial charge in [-0.05, 0) is 31.9 Å². The fraction of sp³-hybridized carbons (Fsp3) is 0.429.